The van der Waals surface area contributed by atoms with Crippen molar-refractivity contribution in [3.63, 3.8) is 0 Å². The Labute approximate surface area is 160 Å². The van der Waals surface area contributed by atoms with Gasteiger partial charge in [0.1, 0.15) is 16.6 Å². The summed E-state index contributed by atoms with van der Waals surface area (Å²) in [7, 11) is 0. The second-order valence-corrected chi connectivity index (χ2v) is 7.73. The third-order valence-electron chi connectivity index (χ3n) is 4.71. The van der Waals surface area contributed by atoms with E-state index in [-0.39, 0.29) is 11.6 Å². The van der Waals surface area contributed by atoms with Crippen molar-refractivity contribution in [2.45, 2.75) is 25.3 Å². The highest BCUT2D eigenvalue weighted by Gasteiger charge is 2.22. The normalized spacial score (nSPS) is 15.1. The summed E-state index contributed by atoms with van der Waals surface area (Å²) >= 11 is 1.59. The molecule has 0 bridgehead atoms. The van der Waals surface area contributed by atoms with E-state index in [9.17, 15) is 8.78 Å². The topological polar surface area (TPSA) is 41.1 Å². The molecule has 1 saturated heterocycles. The predicted molar refractivity (Wildman–Crippen MR) is 104 cm³/mol. The lowest BCUT2D eigenvalue weighted by Gasteiger charge is -2.32. The van der Waals surface area contributed by atoms with Gasteiger partial charge in [0.25, 0.3) is 0 Å². The molecule has 1 aromatic heterocycles. The highest BCUT2D eigenvalue weighted by Crippen LogP contribution is 2.26. The van der Waals surface area contributed by atoms with Gasteiger partial charge in [-0.05, 0) is 54.8 Å². The van der Waals surface area contributed by atoms with E-state index < -0.39 is 0 Å². The van der Waals surface area contributed by atoms with Crippen molar-refractivity contribution in [2.24, 2.45) is 0 Å². The maximum Gasteiger partial charge on any atom is 0.208 e. The first kappa shape index (κ1) is 17.9. The molecule has 1 aliphatic rings. The monoisotopic (exact) mass is 386 g/mol. The smallest absolute Gasteiger partial charge is 0.208 e. The molecule has 2 aromatic carbocycles. The van der Waals surface area contributed by atoms with Crippen molar-refractivity contribution < 1.29 is 8.78 Å². The zero-order valence-electron chi connectivity index (χ0n) is 14.7. The van der Waals surface area contributed by atoms with Crippen molar-refractivity contribution in [1.82, 2.24) is 10.2 Å². The molecule has 0 radical (unpaired) electrons. The molecule has 0 spiro atoms. The van der Waals surface area contributed by atoms with Gasteiger partial charge in [-0.15, -0.1) is 10.2 Å². The summed E-state index contributed by atoms with van der Waals surface area (Å²) in [5.41, 5.74) is 1.98. The van der Waals surface area contributed by atoms with Gasteiger partial charge in [0.05, 0.1) is 0 Å². The summed E-state index contributed by atoms with van der Waals surface area (Å²) in [6.45, 7) is 1.81. The summed E-state index contributed by atoms with van der Waals surface area (Å²) in [6.07, 6.45) is 2.65. The molecule has 1 N–H and O–H groups in total. The van der Waals surface area contributed by atoms with E-state index in [1.54, 1.807) is 35.6 Å². The lowest BCUT2D eigenvalue weighted by Crippen LogP contribution is -2.39. The van der Waals surface area contributed by atoms with E-state index in [2.05, 4.69) is 20.4 Å². The van der Waals surface area contributed by atoms with E-state index in [1.807, 2.05) is 0 Å². The number of piperidine rings is 1. The molecule has 0 aliphatic carbocycles. The summed E-state index contributed by atoms with van der Waals surface area (Å²) in [5, 5.41) is 14.0. The number of benzene rings is 2. The highest BCUT2D eigenvalue weighted by molar-refractivity contribution is 7.15. The van der Waals surface area contributed by atoms with Gasteiger partial charge in [0, 0.05) is 31.2 Å². The molecular weight excluding hydrogens is 366 g/mol. The Balaban J connectivity index is 1.31. The third kappa shape index (κ3) is 4.60. The summed E-state index contributed by atoms with van der Waals surface area (Å²) in [4.78, 5) is 2.26. The van der Waals surface area contributed by atoms with Gasteiger partial charge in [-0.2, -0.15) is 0 Å². The molecule has 0 amide bonds. The molecule has 140 valence electrons. The van der Waals surface area contributed by atoms with Crippen LogP contribution >= 0.6 is 11.3 Å². The summed E-state index contributed by atoms with van der Waals surface area (Å²) < 4.78 is 26.0. The van der Waals surface area contributed by atoms with Crippen LogP contribution in [0.1, 0.15) is 23.4 Å². The standard InChI is InChI=1S/C20H20F2N4S/c21-15-3-1-14(2-4-15)13-19-24-25-20(27-19)26-11-9-18(10-12-26)23-17-7-5-16(22)6-8-17/h1-8,18,23H,9-13H2. The molecule has 2 heterocycles. The first-order valence-electron chi connectivity index (χ1n) is 8.99. The van der Waals surface area contributed by atoms with Gasteiger partial charge in [-0.1, -0.05) is 23.5 Å². The fourth-order valence-electron chi connectivity index (χ4n) is 3.22. The van der Waals surface area contributed by atoms with Crippen LogP contribution in [0.15, 0.2) is 48.5 Å². The number of hydrogen-bond acceptors (Lipinski definition) is 5. The van der Waals surface area contributed by atoms with Crippen LogP contribution in [0, 0.1) is 11.6 Å². The number of aromatic nitrogens is 2. The first-order chi connectivity index (χ1) is 13.2. The van der Waals surface area contributed by atoms with E-state index in [0.29, 0.717) is 12.5 Å². The van der Waals surface area contributed by atoms with Gasteiger partial charge in [0.2, 0.25) is 5.13 Å². The Hall–Kier alpha value is -2.54. The molecule has 0 atom stereocenters. The first-order valence-corrected chi connectivity index (χ1v) is 9.81. The lowest BCUT2D eigenvalue weighted by atomic mass is 10.1. The number of halogens is 2. The molecule has 7 heteroatoms. The molecule has 0 saturated carbocycles. The average molecular weight is 386 g/mol. The zero-order chi connectivity index (χ0) is 18.6. The quantitative estimate of drug-likeness (QED) is 0.702. The molecule has 27 heavy (non-hydrogen) atoms. The van der Waals surface area contributed by atoms with E-state index >= 15 is 0 Å². The van der Waals surface area contributed by atoms with Gasteiger partial charge >= 0.3 is 0 Å². The number of rotatable bonds is 5. The summed E-state index contributed by atoms with van der Waals surface area (Å²) in [5.74, 6) is -0.447. The average Bonchev–Trinajstić information content (AvgIpc) is 3.15. The van der Waals surface area contributed by atoms with Gasteiger partial charge in [-0.3, -0.25) is 0 Å². The SMILES string of the molecule is Fc1ccc(Cc2nnc(N3CCC(Nc4ccc(F)cc4)CC3)s2)cc1. The molecule has 1 fully saturated rings. The predicted octanol–water partition coefficient (Wildman–Crippen LogP) is 4.49. The Bertz CT molecular complexity index is 872. The van der Waals surface area contributed by atoms with Crippen LogP contribution < -0.4 is 10.2 Å². The van der Waals surface area contributed by atoms with Crippen LogP contribution in [0.3, 0.4) is 0 Å². The third-order valence-corrected chi connectivity index (χ3v) is 5.69. The minimum atomic E-state index is -0.228. The molecule has 4 rings (SSSR count). The lowest BCUT2D eigenvalue weighted by molar-refractivity contribution is 0.525. The zero-order valence-corrected chi connectivity index (χ0v) is 15.6. The molecule has 1 aliphatic heterocycles. The van der Waals surface area contributed by atoms with Crippen molar-refractivity contribution in [1.29, 1.82) is 0 Å². The highest BCUT2D eigenvalue weighted by atomic mass is 32.1. The number of nitrogens with one attached hydrogen (secondary N) is 1. The Kier molecular flexibility index (Phi) is 5.29. The maximum atomic E-state index is 13.0. The van der Waals surface area contributed by atoms with E-state index in [4.69, 9.17) is 0 Å². The van der Waals surface area contributed by atoms with Crippen LogP contribution in [0.4, 0.5) is 19.6 Å². The van der Waals surface area contributed by atoms with Crippen molar-refractivity contribution in [3.05, 3.63) is 70.7 Å². The molecule has 4 nitrogen and oxygen atoms in total. The van der Waals surface area contributed by atoms with Crippen LogP contribution in [0.25, 0.3) is 0 Å². The van der Waals surface area contributed by atoms with Crippen molar-refractivity contribution >= 4 is 22.2 Å². The van der Waals surface area contributed by atoms with Gasteiger partial charge in [-0.25, -0.2) is 8.78 Å². The van der Waals surface area contributed by atoms with Crippen molar-refractivity contribution in [2.75, 3.05) is 23.3 Å². The minimum absolute atomic E-state index is 0.219. The van der Waals surface area contributed by atoms with Gasteiger partial charge < -0.3 is 10.2 Å². The fourth-order valence-corrected chi connectivity index (χ4v) is 4.14. The van der Waals surface area contributed by atoms with Crippen LogP contribution in [-0.4, -0.2) is 29.3 Å². The molecular formula is C20H20F2N4S. The maximum absolute atomic E-state index is 13.0. The minimum Gasteiger partial charge on any atom is -0.382 e. The van der Waals surface area contributed by atoms with Crippen LogP contribution in [0.5, 0.6) is 0 Å². The Morgan fingerprint density at radius 2 is 1.56 bits per heavy atom. The second-order valence-electron chi connectivity index (χ2n) is 6.69. The molecule has 0 unspecified atom stereocenters. The van der Waals surface area contributed by atoms with Crippen molar-refractivity contribution in [3.8, 4) is 0 Å². The second kappa shape index (κ2) is 8.00. The Morgan fingerprint density at radius 3 is 2.22 bits per heavy atom. The van der Waals surface area contributed by atoms with Crippen LogP contribution in [0.2, 0.25) is 0 Å². The number of nitrogens with zero attached hydrogens (tertiary/aromatic N) is 3. The molecule has 3 aromatic rings. The number of anilines is 2. The van der Waals surface area contributed by atoms with E-state index in [0.717, 1.165) is 47.3 Å². The Morgan fingerprint density at radius 1 is 0.926 bits per heavy atom. The fraction of sp³-hybridized carbons (Fsp3) is 0.300. The number of hydrogen-bond donors (Lipinski definition) is 1. The largest absolute Gasteiger partial charge is 0.382 e. The van der Waals surface area contributed by atoms with E-state index in [1.165, 1.54) is 24.3 Å². The van der Waals surface area contributed by atoms with Gasteiger partial charge in [0.15, 0.2) is 0 Å². The summed E-state index contributed by atoms with van der Waals surface area (Å²) in [6, 6.07) is 13.4. The van der Waals surface area contributed by atoms with Crippen LogP contribution in [-0.2, 0) is 6.42 Å².